The van der Waals surface area contributed by atoms with Gasteiger partial charge in [0.25, 0.3) is 5.91 Å². The molecular weight excluding hydrogens is 526 g/mol. The van der Waals surface area contributed by atoms with Gasteiger partial charge in [0.15, 0.2) is 11.0 Å². The lowest BCUT2D eigenvalue weighted by Gasteiger charge is -2.12. The molecule has 0 bridgehead atoms. The molecule has 0 saturated carbocycles. The zero-order chi connectivity index (χ0) is 24.0. The highest BCUT2D eigenvalue weighted by molar-refractivity contribution is 9.10. The van der Waals surface area contributed by atoms with Crippen molar-refractivity contribution >= 4 is 56.8 Å². The van der Waals surface area contributed by atoms with Crippen LogP contribution in [-0.2, 0) is 17.9 Å². The maximum absolute atomic E-state index is 12.5. The molecule has 0 spiro atoms. The van der Waals surface area contributed by atoms with Crippen LogP contribution in [0.25, 0.3) is 0 Å². The minimum Gasteiger partial charge on any atom is -0.345 e. The van der Waals surface area contributed by atoms with E-state index in [1.54, 1.807) is 30.3 Å². The number of hydrogen-bond acceptors (Lipinski definition) is 5. The maximum atomic E-state index is 12.5. The van der Waals surface area contributed by atoms with Crippen molar-refractivity contribution in [2.45, 2.75) is 32.1 Å². The number of anilines is 1. The number of nitrogens with zero attached hydrogens (tertiary/aromatic N) is 3. The Morgan fingerprint density at radius 2 is 1.94 bits per heavy atom. The summed E-state index contributed by atoms with van der Waals surface area (Å²) in [6, 6.07) is 10.6. The normalized spacial score (nSPS) is 10.7. The smallest absolute Gasteiger partial charge is 0.253 e. The molecule has 0 aliphatic rings. The number of rotatable bonds is 9. The molecule has 0 aliphatic heterocycles. The van der Waals surface area contributed by atoms with Gasteiger partial charge in [-0.15, -0.1) is 16.8 Å². The number of carbonyl (C=O) groups is 2. The molecule has 1 heterocycles. The Bertz CT molecular complexity index is 1200. The molecule has 1 aromatic heterocycles. The number of hydrogen-bond donors (Lipinski definition) is 2. The average molecular weight is 549 g/mol. The SMILES string of the molecule is C=CCn1c(CNC(=O)c2ccccc2Cl)nnc1SCC(=O)Nc1ccc(Br)c(C)c1C. The van der Waals surface area contributed by atoms with Gasteiger partial charge < -0.3 is 15.2 Å². The first-order valence-corrected chi connectivity index (χ1v) is 12.2. The number of thioether (sulfide) groups is 1. The molecule has 0 atom stereocenters. The quantitative estimate of drug-likeness (QED) is 0.285. The van der Waals surface area contributed by atoms with E-state index in [0.29, 0.717) is 28.1 Å². The summed E-state index contributed by atoms with van der Waals surface area (Å²) in [6.07, 6.45) is 1.71. The van der Waals surface area contributed by atoms with Crippen LogP contribution in [0.1, 0.15) is 27.3 Å². The van der Waals surface area contributed by atoms with Gasteiger partial charge in [-0.25, -0.2) is 0 Å². The number of benzene rings is 2. The Balaban J connectivity index is 1.64. The van der Waals surface area contributed by atoms with Crippen LogP contribution in [0, 0.1) is 13.8 Å². The Morgan fingerprint density at radius 1 is 1.18 bits per heavy atom. The molecule has 7 nitrogen and oxygen atoms in total. The van der Waals surface area contributed by atoms with Crippen molar-refractivity contribution in [3.63, 3.8) is 0 Å². The molecule has 0 fully saturated rings. The van der Waals surface area contributed by atoms with E-state index in [9.17, 15) is 9.59 Å². The summed E-state index contributed by atoms with van der Waals surface area (Å²) in [5, 5.41) is 15.1. The summed E-state index contributed by atoms with van der Waals surface area (Å²) in [5.41, 5.74) is 3.25. The molecule has 0 radical (unpaired) electrons. The van der Waals surface area contributed by atoms with Gasteiger partial charge in [0.1, 0.15) is 0 Å². The summed E-state index contributed by atoms with van der Waals surface area (Å²) in [4.78, 5) is 25.0. The minimum absolute atomic E-state index is 0.147. The van der Waals surface area contributed by atoms with E-state index in [4.69, 9.17) is 11.6 Å². The van der Waals surface area contributed by atoms with Crippen LogP contribution in [0.4, 0.5) is 5.69 Å². The topological polar surface area (TPSA) is 88.9 Å². The van der Waals surface area contributed by atoms with E-state index in [2.05, 4.69) is 43.3 Å². The van der Waals surface area contributed by atoms with Crippen LogP contribution in [0.3, 0.4) is 0 Å². The van der Waals surface area contributed by atoms with E-state index in [0.717, 1.165) is 21.3 Å². The standard InChI is InChI=1S/C23H23BrClN5O2S/c1-4-11-30-20(12-26-22(32)16-7-5-6-8-18(16)25)28-29-23(30)33-13-21(31)27-19-10-9-17(24)14(2)15(19)3/h4-10H,1,11-13H2,2-3H3,(H,26,32)(H,27,31). The van der Waals surface area contributed by atoms with E-state index < -0.39 is 0 Å². The van der Waals surface area contributed by atoms with E-state index >= 15 is 0 Å². The number of amides is 2. The summed E-state index contributed by atoms with van der Waals surface area (Å²) in [6.45, 7) is 8.34. The Hall–Kier alpha value is -2.62. The molecule has 0 saturated heterocycles. The van der Waals surface area contributed by atoms with Crippen LogP contribution in [-0.4, -0.2) is 32.3 Å². The van der Waals surface area contributed by atoms with Crippen LogP contribution >= 0.6 is 39.3 Å². The molecule has 3 aromatic rings. The molecule has 10 heteroatoms. The minimum atomic E-state index is -0.303. The van der Waals surface area contributed by atoms with Gasteiger partial charge in [-0.3, -0.25) is 9.59 Å². The molecule has 2 aromatic carbocycles. The Labute approximate surface area is 210 Å². The maximum Gasteiger partial charge on any atom is 0.253 e. The van der Waals surface area contributed by atoms with E-state index in [1.165, 1.54) is 11.8 Å². The number of carbonyl (C=O) groups excluding carboxylic acids is 2. The zero-order valence-corrected chi connectivity index (χ0v) is 21.4. The van der Waals surface area contributed by atoms with E-state index in [-0.39, 0.29) is 24.1 Å². The molecule has 0 unspecified atom stereocenters. The predicted molar refractivity (Wildman–Crippen MR) is 136 cm³/mol. The summed E-state index contributed by atoms with van der Waals surface area (Å²) < 4.78 is 2.81. The lowest BCUT2D eigenvalue weighted by molar-refractivity contribution is -0.113. The second-order valence-corrected chi connectivity index (χ2v) is 9.35. The number of allylic oxidation sites excluding steroid dienone is 1. The van der Waals surface area contributed by atoms with Crippen molar-refractivity contribution in [3.05, 3.63) is 81.1 Å². The second-order valence-electron chi connectivity index (χ2n) is 7.14. The number of halogens is 2. The first-order valence-electron chi connectivity index (χ1n) is 10.1. The third kappa shape index (κ3) is 6.25. The lowest BCUT2D eigenvalue weighted by atomic mass is 10.1. The third-order valence-corrected chi connectivity index (χ3v) is 7.11. The van der Waals surface area contributed by atoms with Gasteiger partial charge in [0.05, 0.1) is 22.9 Å². The molecule has 33 heavy (non-hydrogen) atoms. The van der Waals surface area contributed by atoms with Crippen LogP contribution in [0.5, 0.6) is 0 Å². The van der Waals surface area contributed by atoms with Crippen molar-refractivity contribution in [1.82, 2.24) is 20.1 Å². The molecule has 3 rings (SSSR count). The molecule has 2 amide bonds. The first-order chi connectivity index (χ1) is 15.8. The average Bonchev–Trinajstić information content (AvgIpc) is 3.18. The predicted octanol–water partition coefficient (Wildman–Crippen LogP) is 5.16. The van der Waals surface area contributed by atoms with Gasteiger partial charge in [0, 0.05) is 16.7 Å². The van der Waals surface area contributed by atoms with Crippen LogP contribution in [0.15, 0.2) is 58.7 Å². The first kappa shape index (κ1) is 25.0. The fraction of sp³-hybridized carbons (Fsp3) is 0.217. The number of nitrogens with one attached hydrogen (secondary N) is 2. The third-order valence-electron chi connectivity index (χ3n) is 4.96. The van der Waals surface area contributed by atoms with Crippen LogP contribution < -0.4 is 10.6 Å². The number of aromatic nitrogens is 3. The highest BCUT2D eigenvalue weighted by Gasteiger charge is 2.16. The van der Waals surface area contributed by atoms with Crippen LogP contribution in [0.2, 0.25) is 5.02 Å². The lowest BCUT2D eigenvalue weighted by Crippen LogP contribution is -2.25. The summed E-state index contributed by atoms with van der Waals surface area (Å²) in [5.74, 6) is 0.266. The second kappa shape index (κ2) is 11.5. The fourth-order valence-corrected chi connectivity index (χ4v) is 4.43. The van der Waals surface area contributed by atoms with Crippen molar-refractivity contribution < 1.29 is 9.59 Å². The van der Waals surface area contributed by atoms with Gasteiger partial charge >= 0.3 is 0 Å². The largest absolute Gasteiger partial charge is 0.345 e. The monoisotopic (exact) mass is 547 g/mol. The van der Waals surface area contributed by atoms with Gasteiger partial charge in [-0.05, 0) is 49.2 Å². The molecule has 2 N–H and O–H groups in total. The Morgan fingerprint density at radius 3 is 2.67 bits per heavy atom. The van der Waals surface area contributed by atoms with Gasteiger partial charge in [0.2, 0.25) is 5.91 Å². The highest BCUT2D eigenvalue weighted by Crippen LogP contribution is 2.26. The molecule has 0 aliphatic carbocycles. The molecular formula is C23H23BrClN5O2S. The van der Waals surface area contributed by atoms with Gasteiger partial charge in [-0.2, -0.15) is 0 Å². The molecule has 172 valence electrons. The van der Waals surface area contributed by atoms with Crippen molar-refractivity contribution in [3.8, 4) is 0 Å². The van der Waals surface area contributed by atoms with E-state index in [1.807, 2.05) is 30.5 Å². The zero-order valence-electron chi connectivity index (χ0n) is 18.2. The van der Waals surface area contributed by atoms with Crippen molar-refractivity contribution in [2.24, 2.45) is 0 Å². The summed E-state index contributed by atoms with van der Waals surface area (Å²) >= 11 is 10.9. The fourth-order valence-electron chi connectivity index (χ4n) is 3.01. The Kier molecular flexibility index (Phi) is 8.71. The summed E-state index contributed by atoms with van der Waals surface area (Å²) in [7, 11) is 0. The van der Waals surface area contributed by atoms with Gasteiger partial charge in [-0.1, -0.05) is 57.5 Å². The van der Waals surface area contributed by atoms with Crippen molar-refractivity contribution in [1.29, 1.82) is 0 Å². The van der Waals surface area contributed by atoms with Crippen molar-refractivity contribution in [2.75, 3.05) is 11.1 Å². The highest BCUT2D eigenvalue weighted by atomic mass is 79.9.